The van der Waals surface area contributed by atoms with E-state index in [0.29, 0.717) is 12.8 Å². The lowest BCUT2D eigenvalue weighted by atomic mass is 10.2. The molecule has 1 fully saturated rings. The van der Waals surface area contributed by atoms with Crippen molar-refractivity contribution in [2.24, 2.45) is 0 Å². The fourth-order valence-electron chi connectivity index (χ4n) is 1.42. The summed E-state index contributed by atoms with van der Waals surface area (Å²) in [6.45, 7) is 0. The maximum absolute atomic E-state index is 11.3. The van der Waals surface area contributed by atoms with Crippen molar-refractivity contribution in [1.82, 2.24) is 4.72 Å². The van der Waals surface area contributed by atoms with Crippen LogP contribution in [0, 0.1) is 0 Å². The molecule has 1 saturated heterocycles. The smallest absolute Gasteiger partial charge is 0.213 e. The number of nitrogens with one attached hydrogen (secondary N) is 1. The van der Waals surface area contributed by atoms with Crippen molar-refractivity contribution >= 4 is 31.5 Å². The van der Waals surface area contributed by atoms with E-state index in [2.05, 4.69) is 4.72 Å². The average Bonchev–Trinajstić information content (AvgIpc) is 2.08. The second kappa shape index (κ2) is 4.99. The van der Waals surface area contributed by atoms with Gasteiger partial charge in [0, 0.05) is 11.9 Å². The highest BCUT2D eigenvalue weighted by Gasteiger charge is 2.26. The van der Waals surface area contributed by atoms with Gasteiger partial charge < -0.3 is 0 Å². The second-order valence-corrected chi connectivity index (χ2v) is 8.11. The molecule has 1 aliphatic heterocycles. The van der Waals surface area contributed by atoms with Gasteiger partial charge in [0.05, 0.1) is 17.3 Å². The summed E-state index contributed by atoms with van der Waals surface area (Å²) < 4.78 is 47.3. The Labute approximate surface area is 95.2 Å². The molecule has 0 spiro atoms. The average molecular weight is 276 g/mol. The molecule has 0 radical (unpaired) electrons. The van der Waals surface area contributed by atoms with E-state index in [9.17, 15) is 16.8 Å². The van der Waals surface area contributed by atoms with Crippen LogP contribution in [0.25, 0.3) is 0 Å². The standard InChI is InChI=1S/C7H14ClNO4S2/c8-3-6-15(12,13)9-7-1-4-14(10,11)5-2-7/h7,9H,1-6H2. The second-order valence-electron chi connectivity index (χ2n) is 3.55. The van der Waals surface area contributed by atoms with Gasteiger partial charge in [-0.25, -0.2) is 21.6 Å². The molecular formula is C7H14ClNO4S2. The van der Waals surface area contributed by atoms with Crippen LogP contribution in [-0.4, -0.2) is 46.0 Å². The van der Waals surface area contributed by atoms with Gasteiger partial charge >= 0.3 is 0 Å². The minimum absolute atomic E-state index is 0.0420. The highest BCUT2D eigenvalue weighted by Crippen LogP contribution is 2.13. The molecule has 0 aromatic carbocycles. The lowest BCUT2D eigenvalue weighted by Crippen LogP contribution is -2.41. The van der Waals surface area contributed by atoms with Gasteiger partial charge in [-0.3, -0.25) is 0 Å². The van der Waals surface area contributed by atoms with Gasteiger partial charge in [-0.2, -0.15) is 0 Å². The number of rotatable bonds is 4. The number of alkyl halides is 1. The van der Waals surface area contributed by atoms with Gasteiger partial charge in [0.25, 0.3) is 0 Å². The summed E-state index contributed by atoms with van der Waals surface area (Å²) in [5.74, 6) is 0.0281. The predicted molar refractivity (Wildman–Crippen MR) is 59.3 cm³/mol. The molecule has 15 heavy (non-hydrogen) atoms. The van der Waals surface area contributed by atoms with E-state index in [4.69, 9.17) is 11.6 Å². The van der Waals surface area contributed by atoms with E-state index < -0.39 is 19.9 Å². The van der Waals surface area contributed by atoms with Crippen LogP contribution in [0.4, 0.5) is 0 Å². The Morgan fingerprint density at radius 2 is 1.80 bits per heavy atom. The van der Waals surface area contributed by atoms with E-state index in [1.54, 1.807) is 0 Å². The molecule has 1 heterocycles. The lowest BCUT2D eigenvalue weighted by Gasteiger charge is -2.22. The Bertz CT molecular complexity index is 389. The Kier molecular flexibility index (Phi) is 4.39. The Morgan fingerprint density at radius 3 is 2.27 bits per heavy atom. The van der Waals surface area contributed by atoms with Crippen molar-refractivity contribution in [3.63, 3.8) is 0 Å². The summed E-state index contributed by atoms with van der Waals surface area (Å²) in [5.41, 5.74) is 0. The Morgan fingerprint density at radius 1 is 1.27 bits per heavy atom. The molecule has 0 saturated carbocycles. The summed E-state index contributed by atoms with van der Waals surface area (Å²) in [6, 6.07) is -0.262. The van der Waals surface area contributed by atoms with Crippen molar-refractivity contribution in [3.8, 4) is 0 Å². The van der Waals surface area contributed by atoms with E-state index in [0.717, 1.165) is 0 Å². The van der Waals surface area contributed by atoms with E-state index in [-0.39, 0.29) is 29.2 Å². The van der Waals surface area contributed by atoms with Gasteiger partial charge in [-0.1, -0.05) is 0 Å². The topological polar surface area (TPSA) is 80.3 Å². The van der Waals surface area contributed by atoms with Crippen LogP contribution >= 0.6 is 11.6 Å². The normalized spacial score (nSPS) is 22.7. The van der Waals surface area contributed by atoms with Crippen LogP contribution in [0.3, 0.4) is 0 Å². The fraction of sp³-hybridized carbons (Fsp3) is 1.00. The Hall–Kier alpha value is 0.150. The van der Waals surface area contributed by atoms with Crippen LogP contribution in [0.15, 0.2) is 0 Å². The molecule has 0 atom stereocenters. The number of sulfonamides is 1. The summed E-state index contributed by atoms with van der Waals surface area (Å²) in [4.78, 5) is 0. The number of hydrogen-bond acceptors (Lipinski definition) is 4. The first-order valence-corrected chi connectivity index (χ1v) is 8.62. The minimum atomic E-state index is -3.35. The summed E-state index contributed by atoms with van der Waals surface area (Å²) >= 11 is 5.33. The molecule has 90 valence electrons. The lowest BCUT2D eigenvalue weighted by molar-refractivity contribution is 0.506. The number of hydrogen-bond donors (Lipinski definition) is 1. The minimum Gasteiger partial charge on any atom is -0.229 e. The van der Waals surface area contributed by atoms with Crippen molar-refractivity contribution in [1.29, 1.82) is 0 Å². The third-order valence-corrected chi connectivity index (χ3v) is 5.81. The van der Waals surface area contributed by atoms with Crippen LogP contribution < -0.4 is 4.72 Å². The number of sulfone groups is 1. The first kappa shape index (κ1) is 13.2. The van der Waals surface area contributed by atoms with Gasteiger partial charge in [0.15, 0.2) is 0 Å². The van der Waals surface area contributed by atoms with E-state index in [1.165, 1.54) is 0 Å². The molecule has 0 amide bonds. The maximum Gasteiger partial charge on any atom is 0.213 e. The summed E-state index contributed by atoms with van der Waals surface area (Å²) in [5, 5.41) is 0. The first-order chi connectivity index (χ1) is 6.85. The fourth-order valence-corrected chi connectivity index (χ4v) is 4.59. The molecule has 0 aliphatic carbocycles. The van der Waals surface area contributed by atoms with Gasteiger partial charge in [-0.15, -0.1) is 11.6 Å². The molecule has 0 unspecified atom stereocenters. The zero-order valence-corrected chi connectivity index (χ0v) is 10.5. The predicted octanol–water partition coefficient (Wildman–Crippen LogP) is -0.278. The van der Waals surface area contributed by atoms with Crippen molar-refractivity contribution in [2.45, 2.75) is 18.9 Å². The molecular weight excluding hydrogens is 262 g/mol. The molecule has 0 bridgehead atoms. The highest BCUT2D eigenvalue weighted by atomic mass is 35.5. The third kappa shape index (κ3) is 4.67. The highest BCUT2D eigenvalue weighted by molar-refractivity contribution is 7.91. The molecule has 0 aromatic rings. The third-order valence-electron chi connectivity index (χ3n) is 2.25. The SMILES string of the molecule is O=S1(=O)CCC(NS(=O)(=O)CCCl)CC1. The molecule has 1 aliphatic rings. The van der Waals surface area contributed by atoms with Crippen LogP contribution in [0.2, 0.25) is 0 Å². The molecule has 5 nitrogen and oxygen atoms in total. The molecule has 0 aromatic heterocycles. The monoisotopic (exact) mass is 275 g/mol. The van der Waals surface area contributed by atoms with Gasteiger partial charge in [-0.05, 0) is 12.8 Å². The largest absolute Gasteiger partial charge is 0.229 e. The number of halogens is 1. The quantitative estimate of drug-likeness (QED) is 0.716. The van der Waals surface area contributed by atoms with E-state index >= 15 is 0 Å². The molecule has 1 N–H and O–H groups in total. The maximum atomic E-state index is 11.3. The zero-order chi connectivity index (χ0) is 11.5. The first-order valence-electron chi connectivity index (χ1n) is 4.61. The van der Waals surface area contributed by atoms with Crippen LogP contribution in [0.5, 0.6) is 0 Å². The Balaban J connectivity index is 2.49. The van der Waals surface area contributed by atoms with Gasteiger partial charge in [0.1, 0.15) is 9.84 Å². The molecule has 1 rings (SSSR count). The zero-order valence-electron chi connectivity index (χ0n) is 8.15. The summed E-state index contributed by atoms with van der Waals surface area (Å²) in [7, 11) is -6.29. The van der Waals surface area contributed by atoms with E-state index in [1.807, 2.05) is 0 Å². The van der Waals surface area contributed by atoms with Crippen LogP contribution in [0.1, 0.15) is 12.8 Å². The van der Waals surface area contributed by atoms with Crippen molar-refractivity contribution in [3.05, 3.63) is 0 Å². The molecule has 8 heteroatoms. The van der Waals surface area contributed by atoms with Crippen molar-refractivity contribution < 1.29 is 16.8 Å². The van der Waals surface area contributed by atoms with Crippen LogP contribution in [-0.2, 0) is 19.9 Å². The summed E-state index contributed by atoms with van der Waals surface area (Å²) in [6.07, 6.45) is 0.702. The van der Waals surface area contributed by atoms with Gasteiger partial charge in [0.2, 0.25) is 10.0 Å². The van der Waals surface area contributed by atoms with Crippen molar-refractivity contribution in [2.75, 3.05) is 23.1 Å².